The van der Waals surface area contributed by atoms with Crippen molar-refractivity contribution in [1.82, 2.24) is 0 Å². The third kappa shape index (κ3) is 3.48. The van der Waals surface area contributed by atoms with E-state index < -0.39 is 5.38 Å². The van der Waals surface area contributed by atoms with Crippen LogP contribution in [0.1, 0.15) is 6.92 Å². The molecule has 0 spiro atoms. The standard InChI is InChI=1S/C9H8BrCl2NO/c1-5(11)9(14)13-8-3-6(10)2-7(12)4-8/h2-5H,1H3,(H,13,14). The maximum absolute atomic E-state index is 11.2. The van der Waals surface area contributed by atoms with Crippen molar-refractivity contribution in [2.45, 2.75) is 12.3 Å². The molecule has 14 heavy (non-hydrogen) atoms. The van der Waals surface area contributed by atoms with Crippen LogP contribution in [0.3, 0.4) is 0 Å². The molecule has 0 fully saturated rings. The van der Waals surface area contributed by atoms with Crippen LogP contribution in [-0.2, 0) is 4.79 Å². The van der Waals surface area contributed by atoms with E-state index in [0.717, 1.165) is 4.47 Å². The summed E-state index contributed by atoms with van der Waals surface area (Å²) in [5.74, 6) is -0.249. The van der Waals surface area contributed by atoms with Crippen molar-refractivity contribution >= 4 is 50.7 Å². The molecule has 0 heterocycles. The summed E-state index contributed by atoms with van der Waals surface area (Å²) in [6.45, 7) is 1.61. The van der Waals surface area contributed by atoms with Crippen LogP contribution in [0, 0.1) is 0 Å². The normalized spacial score (nSPS) is 12.3. The highest BCUT2D eigenvalue weighted by Crippen LogP contribution is 2.23. The van der Waals surface area contributed by atoms with Crippen molar-refractivity contribution in [3.05, 3.63) is 27.7 Å². The Morgan fingerprint density at radius 1 is 1.50 bits per heavy atom. The molecule has 0 saturated carbocycles. The van der Waals surface area contributed by atoms with E-state index in [4.69, 9.17) is 23.2 Å². The van der Waals surface area contributed by atoms with Crippen molar-refractivity contribution in [3.63, 3.8) is 0 Å². The molecule has 1 unspecified atom stereocenters. The van der Waals surface area contributed by atoms with Gasteiger partial charge in [-0.1, -0.05) is 27.5 Å². The van der Waals surface area contributed by atoms with Crippen LogP contribution in [0.2, 0.25) is 5.02 Å². The van der Waals surface area contributed by atoms with Crippen molar-refractivity contribution in [3.8, 4) is 0 Å². The second-order valence-electron chi connectivity index (χ2n) is 2.76. The molecule has 0 aliphatic rings. The van der Waals surface area contributed by atoms with E-state index in [-0.39, 0.29) is 5.91 Å². The lowest BCUT2D eigenvalue weighted by Gasteiger charge is -2.07. The second-order valence-corrected chi connectivity index (χ2v) is 4.77. The number of alkyl halides is 1. The molecule has 1 atom stereocenters. The minimum absolute atomic E-state index is 0.249. The summed E-state index contributed by atoms with van der Waals surface area (Å²) in [4.78, 5) is 11.2. The maximum atomic E-state index is 11.2. The molecular weight excluding hydrogens is 289 g/mol. The quantitative estimate of drug-likeness (QED) is 0.829. The van der Waals surface area contributed by atoms with Gasteiger partial charge < -0.3 is 5.32 Å². The monoisotopic (exact) mass is 295 g/mol. The van der Waals surface area contributed by atoms with Gasteiger partial charge in [0.2, 0.25) is 5.91 Å². The van der Waals surface area contributed by atoms with Gasteiger partial charge in [0.05, 0.1) is 0 Å². The Morgan fingerprint density at radius 2 is 2.14 bits per heavy atom. The molecule has 0 aliphatic heterocycles. The van der Waals surface area contributed by atoms with Crippen LogP contribution >= 0.6 is 39.1 Å². The summed E-state index contributed by atoms with van der Waals surface area (Å²) in [7, 11) is 0. The highest BCUT2D eigenvalue weighted by atomic mass is 79.9. The number of rotatable bonds is 2. The zero-order valence-electron chi connectivity index (χ0n) is 7.35. The summed E-state index contributed by atoms with van der Waals surface area (Å²) in [6, 6.07) is 5.15. The van der Waals surface area contributed by atoms with E-state index in [1.807, 2.05) is 0 Å². The highest BCUT2D eigenvalue weighted by molar-refractivity contribution is 9.10. The van der Waals surface area contributed by atoms with Gasteiger partial charge >= 0.3 is 0 Å². The van der Waals surface area contributed by atoms with Crippen LogP contribution in [0.5, 0.6) is 0 Å². The number of carbonyl (C=O) groups is 1. The Kier molecular flexibility index (Phi) is 4.23. The number of amides is 1. The Labute approximate surface area is 101 Å². The first-order valence-corrected chi connectivity index (χ1v) is 5.51. The van der Waals surface area contributed by atoms with E-state index in [1.165, 1.54) is 0 Å². The fraction of sp³-hybridized carbons (Fsp3) is 0.222. The molecule has 1 aromatic rings. The molecule has 0 saturated heterocycles. The summed E-state index contributed by atoms with van der Waals surface area (Å²) in [5, 5.41) is 2.63. The summed E-state index contributed by atoms with van der Waals surface area (Å²) >= 11 is 14.7. The third-order valence-corrected chi connectivity index (χ3v) is 2.37. The van der Waals surface area contributed by atoms with Crippen molar-refractivity contribution in [2.24, 2.45) is 0 Å². The largest absolute Gasteiger partial charge is 0.325 e. The Morgan fingerprint density at radius 3 is 2.64 bits per heavy atom. The molecule has 76 valence electrons. The minimum atomic E-state index is -0.562. The number of hydrogen-bond acceptors (Lipinski definition) is 1. The van der Waals surface area contributed by atoms with Gasteiger partial charge in [-0.25, -0.2) is 0 Å². The average molecular weight is 297 g/mol. The van der Waals surface area contributed by atoms with Gasteiger partial charge in [-0.2, -0.15) is 0 Å². The Balaban J connectivity index is 2.82. The SMILES string of the molecule is CC(Cl)C(=O)Nc1cc(Cl)cc(Br)c1. The number of benzene rings is 1. The van der Waals surface area contributed by atoms with Crippen LogP contribution in [0.15, 0.2) is 22.7 Å². The van der Waals surface area contributed by atoms with Gasteiger partial charge in [-0.05, 0) is 25.1 Å². The Hall–Kier alpha value is -0.250. The van der Waals surface area contributed by atoms with Crippen molar-refractivity contribution < 1.29 is 4.79 Å². The molecule has 0 radical (unpaired) electrons. The molecule has 0 aliphatic carbocycles. The number of anilines is 1. The second kappa shape index (κ2) is 5.01. The summed E-state index contributed by atoms with van der Waals surface area (Å²) in [6.07, 6.45) is 0. The zero-order chi connectivity index (χ0) is 10.7. The molecule has 2 nitrogen and oxygen atoms in total. The van der Waals surface area contributed by atoms with Gasteiger partial charge in [-0.15, -0.1) is 11.6 Å². The van der Waals surface area contributed by atoms with E-state index in [1.54, 1.807) is 25.1 Å². The van der Waals surface area contributed by atoms with E-state index in [9.17, 15) is 4.79 Å². The minimum Gasteiger partial charge on any atom is -0.325 e. The fourth-order valence-electron chi connectivity index (χ4n) is 0.868. The first kappa shape index (κ1) is 11.8. The van der Waals surface area contributed by atoms with Crippen LogP contribution < -0.4 is 5.32 Å². The molecule has 1 rings (SSSR count). The molecule has 5 heteroatoms. The van der Waals surface area contributed by atoms with Crippen LogP contribution in [-0.4, -0.2) is 11.3 Å². The lowest BCUT2D eigenvalue weighted by molar-refractivity contribution is -0.115. The maximum Gasteiger partial charge on any atom is 0.242 e. The van der Waals surface area contributed by atoms with Crippen LogP contribution in [0.25, 0.3) is 0 Å². The Bertz CT molecular complexity index is 334. The molecule has 1 amide bonds. The molecule has 0 bridgehead atoms. The van der Waals surface area contributed by atoms with Crippen molar-refractivity contribution in [1.29, 1.82) is 0 Å². The predicted molar refractivity (Wildman–Crippen MR) is 63.1 cm³/mol. The smallest absolute Gasteiger partial charge is 0.242 e. The number of nitrogens with one attached hydrogen (secondary N) is 1. The van der Waals surface area contributed by atoms with E-state index in [0.29, 0.717) is 10.7 Å². The van der Waals surface area contributed by atoms with Crippen LogP contribution in [0.4, 0.5) is 5.69 Å². The molecular formula is C9H8BrCl2NO. The first-order chi connectivity index (χ1) is 6.49. The zero-order valence-corrected chi connectivity index (χ0v) is 10.4. The average Bonchev–Trinajstić information content (AvgIpc) is 2.01. The van der Waals surface area contributed by atoms with Gasteiger partial charge in [-0.3, -0.25) is 4.79 Å². The number of halogens is 3. The number of hydrogen-bond donors (Lipinski definition) is 1. The highest BCUT2D eigenvalue weighted by Gasteiger charge is 2.09. The molecule has 1 N–H and O–H groups in total. The lowest BCUT2D eigenvalue weighted by atomic mass is 10.3. The van der Waals surface area contributed by atoms with Gasteiger partial charge in [0.1, 0.15) is 5.38 Å². The first-order valence-electron chi connectivity index (χ1n) is 3.90. The lowest BCUT2D eigenvalue weighted by Crippen LogP contribution is -2.20. The fourth-order valence-corrected chi connectivity index (χ4v) is 1.78. The van der Waals surface area contributed by atoms with Gasteiger partial charge in [0.15, 0.2) is 0 Å². The van der Waals surface area contributed by atoms with Gasteiger partial charge in [0, 0.05) is 15.2 Å². The van der Waals surface area contributed by atoms with E-state index in [2.05, 4.69) is 21.2 Å². The van der Waals surface area contributed by atoms with E-state index >= 15 is 0 Å². The predicted octanol–water partition coefficient (Wildman–Crippen LogP) is 3.67. The molecule has 0 aromatic heterocycles. The summed E-state index contributed by atoms with van der Waals surface area (Å²) in [5.41, 5.74) is 0.627. The summed E-state index contributed by atoms with van der Waals surface area (Å²) < 4.78 is 0.808. The van der Waals surface area contributed by atoms with Crippen molar-refractivity contribution in [2.75, 3.05) is 5.32 Å². The number of carbonyl (C=O) groups excluding carboxylic acids is 1. The van der Waals surface area contributed by atoms with Gasteiger partial charge in [0.25, 0.3) is 0 Å². The topological polar surface area (TPSA) is 29.1 Å². The molecule has 1 aromatic carbocycles. The third-order valence-electron chi connectivity index (χ3n) is 1.49.